The Kier molecular flexibility index (Phi) is 28.0. The molecular weight excluding hydrogens is 1690 g/mol. The van der Waals surface area contributed by atoms with Crippen molar-refractivity contribution in [3.63, 3.8) is 0 Å². The highest BCUT2D eigenvalue weighted by Gasteiger charge is 2.31. The minimum Gasteiger partial charge on any atom is -0.478 e. The minimum atomic E-state index is -4.76. The third-order valence-corrected chi connectivity index (χ3v) is 16.3. The first-order valence-electron chi connectivity index (χ1n) is 30.1. The predicted molar refractivity (Wildman–Crippen MR) is 402 cm³/mol. The molecule has 0 aliphatic heterocycles. The Morgan fingerprint density at radius 3 is 1.27 bits per heavy atom. The van der Waals surface area contributed by atoms with Crippen LogP contribution in [0.5, 0.6) is 5.75 Å². The van der Waals surface area contributed by atoms with E-state index in [9.17, 15) is 47.1 Å². The normalized spacial score (nSPS) is 10.5. The molecule has 14 rings (SSSR count). The van der Waals surface area contributed by atoms with Crippen LogP contribution >= 0.6 is 75.3 Å². The summed E-state index contributed by atoms with van der Waals surface area (Å²) in [6.45, 7) is 3.89. The number of hydrogen-bond donors (Lipinski definition) is 8. The Morgan fingerprint density at radius 2 is 0.860 bits per heavy atom. The fourth-order valence-electron chi connectivity index (χ4n) is 8.78. The second-order valence-corrected chi connectivity index (χ2v) is 25.6. The number of benzene rings is 9. The van der Waals surface area contributed by atoms with E-state index in [1.165, 1.54) is 48.3 Å². The molecule has 0 amide bonds. The van der Waals surface area contributed by atoms with Gasteiger partial charge in [-0.2, -0.15) is 0 Å². The SMILES string of the molecule is Cc1ccc(-c2ccc3nnn(O)c(=O)c3c2)cc1.Cc1ccc(B(O)O)cc1.Nc1ccc(Br)cc1C(=O)Cl.Nc1ccc(Br)cc1C(=O)O.O=c1c2cc(-c3ccc(OC(F)(F)F)cc3)ccc2nnn1OCc1ncccn1.O=c1c2cc(Br)ccc2nnn1O.O=c1c2cc(Br)ccc2nnn1O. The van der Waals surface area contributed by atoms with Crippen LogP contribution in [0.25, 0.3) is 65.9 Å². The molecule has 30 nitrogen and oxygen atoms in total. The maximum absolute atomic E-state index is 12.7. The zero-order valence-corrected chi connectivity index (χ0v) is 61.8. The zero-order chi connectivity index (χ0) is 77.8. The molecule has 39 heteroatoms. The monoisotopic (exact) mass is 1730 g/mol. The van der Waals surface area contributed by atoms with E-state index >= 15 is 0 Å². The predicted octanol–water partition coefficient (Wildman–Crippen LogP) is 10.2. The van der Waals surface area contributed by atoms with Gasteiger partial charge in [-0.3, -0.25) is 24.0 Å². The van der Waals surface area contributed by atoms with Crippen molar-refractivity contribution >= 4 is 154 Å². The first-order valence-corrected chi connectivity index (χ1v) is 33.6. The maximum Gasteiger partial charge on any atom is 0.573 e. The van der Waals surface area contributed by atoms with E-state index in [0.29, 0.717) is 76.4 Å². The van der Waals surface area contributed by atoms with Crippen molar-refractivity contribution < 1.29 is 63.1 Å². The van der Waals surface area contributed by atoms with Crippen LogP contribution in [0.2, 0.25) is 0 Å². The molecule has 0 radical (unpaired) electrons. The van der Waals surface area contributed by atoms with Gasteiger partial charge in [-0.1, -0.05) is 148 Å². The number of anilines is 2. The molecule has 5 aromatic heterocycles. The van der Waals surface area contributed by atoms with Crippen LogP contribution in [-0.4, -0.2) is 126 Å². The van der Waals surface area contributed by atoms with Crippen molar-refractivity contribution in [1.82, 2.24) is 70.6 Å². The molecular formula is C68H51BBr4ClF3N16O14. The molecule has 14 aromatic rings. The average molecular weight is 1740 g/mol. The van der Waals surface area contributed by atoms with Gasteiger partial charge in [-0.05, 0) is 209 Å². The summed E-state index contributed by atoms with van der Waals surface area (Å²) in [5.41, 5.74) is 17.4. The number of aromatic carboxylic acids is 1. The topological polar surface area (TPSA) is 443 Å². The highest BCUT2D eigenvalue weighted by Crippen LogP contribution is 2.29. The van der Waals surface area contributed by atoms with Gasteiger partial charge in [-0.25, -0.2) is 14.8 Å². The number of hydrogen-bond acceptors (Lipinski definition) is 25. The zero-order valence-electron chi connectivity index (χ0n) is 54.7. The maximum atomic E-state index is 12.7. The standard InChI is InChI=1S/C19H12F3N5O3.C14H11N3O2.C7H9BO2.C7H5BrClNO.2C7H4BrN3O2.C7H6BrNO2/c20-19(21,22)30-14-5-2-12(3-6-14)13-4-7-16-15(10-13)18(28)27(26-25-16)29-11-17-23-8-1-9-24-17;1-9-2-4-10(5-3-9)11-6-7-13-12(8-11)14(18)17(19)16-15-13;1-6-2-4-7(5-3-6)8(9)10;8-4-1-2-6(10)5(3-4)7(9)11;2*8-4-1-2-6-5(3-4)7(12)11(13)10-9-6;8-4-1-2-6(9)5(3-4)7(10)11/h1-10H,11H2;2-8,19H,1H3;2-5,9-10H,1H3;1-3H,10H2;2*1-3,13H;1-3H,9H2,(H,10,11). The van der Waals surface area contributed by atoms with Gasteiger partial charge in [0.25, 0.3) is 5.24 Å². The van der Waals surface area contributed by atoms with E-state index in [2.05, 4.69) is 120 Å². The second-order valence-electron chi connectivity index (χ2n) is 21.6. The lowest BCUT2D eigenvalue weighted by molar-refractivity contribution is -0.274. The van der Waals surface area contributed by atoms with Gasteiger partial charge >= 0.3 is 41.7 Å². The van der Waals surface area contributed by atoms with Gasteiger partial charge in [0, 0.05) is 41.7 Å². The molecule has 546 valence electrons. The number of carbonyl (C=O) groups excluding carboxylic acids is 1. The second kappa shape index (κ2) is 37.2. The smallest absolute Gasteiger partial charge is 0.478 e. The molecule has 0 bridgehead atoms. The minimum absolute atomic E-state index is 0.0821. The van der Waals surface area contributed by atoms with Gasteiger partial charge in [0.1, 0.15) is 27.8 Å². The number of nitrogen functional groups attached to an aromatic ring is 2. The summed E-state index contributed by atoms with van der Waals surface area (Å²) in [7, 11) is -1.35. The average Bonchev–Trinajstić information content (AvgIpc) is 0.812. The van der Waals surface area contributed by atoms with Crippen LogP contribution in [0, 0.1) is 13.8 Å². The molecule has 0 saturated carbocycles. The van der Waals surface area contributed by atoms with Gasteiger partial charge in [-0.15, -0.1) is 33.6 Å². The summed E-state index contributed by atoms with van der Waals surface area (Å²) >= 11 is 18.0. The molecule has 0 fully saturated rings. The van der Waals surface area contributed by atoms with E-state index < -0.39 is 46.9 Å². The van der Waals surface area contributed by atoms with Gasteiger partial charge < -0.3 is 51.8 Å². The molecule has 9 aromatic carbocycles. The van der Waals surface area contributed by atoms with E-state index in [4.69, 9.17) is 53.5 Å². The van der Waals surface area contributed by atoms with Crippen molar-refractivity contribution in [3.05, 3.63) is 288 Å². The molecule has 0 unspecified atom stereocenters. The third-order valence-electron chi connectivity index (χ3n) is 14.1. The number of aryl methyl sites for hydroxylation is 2. The summed E-state index contributed by atoms with van der Waals surface area (Å²) in [5, 5.41) is 82.2. The molecule has 10 N–H and O–H groups in total. The lowest BCUT2D eigenvalue weighted by Gasteiger charge is -2.10. The molecule has 0 saturated heterocycles. The van der Waals surface area contributed by atoms with E-state index in [1.807, 2.05) is 56.3 Å². The molecule has 5 heterocycles. The highest BCUT2D eigenvalue weighted by molar-refractivity contribution is 9.11. The van der Waals surface area contributed by atoms with Crippen molar-refractivity contribution in [2.75, 3.05) is 11.5 Å². The third kappa shape index (κ3) is 23.0. The Labute approximate surface area is 637 Å². The molecule has 0 spiro atoms. The van der Waals surface area contributed by atoms with Crippen LogP contribution < -0.4 is 48.7 Å². The number of rotatable bonds is 9. The van der Waals surface area contributed by atoms with Crippen molar-refractivity contribution in [2.45, 2.75) is 26.8 Å². The van der Waals surface area contributed by atoms with Gasteiger partial charge in [0.2, 0.25) is 0 Å². The van der Waals surface area contributed by atoms with Crippen molar-refractivity contribution in [3.8, 4) is 28.0 Å². The number of carbonyl (C=O) groups is 2. The van der Waals surface area contributed by atoms with Crippen LogP contribution in [0.15, 0.2) is 238 Å². The lowest BCUT2D eigenvalue weighted by atomic mass is 9.80. The number of ether oxygens (including phenoxy) is 1. The molecule has 0 atom stereocenters. The van der Waals surface area contributed by atoms with E-state index in [-0.39, 0.29) is 43.5 Å². The Morgan fingerprint density at radius 1 is 0.495 bits per heavy atom. The number of nitrogens with zero attached hydrogens (tertiary/aromatic N) is 14. The first kappa shape index (κ1) is 80.7. The van der Waals surface area contributed by atoms with Crippen molar-refractivity contribution in [2.24, 2.45) is 0 Å². The number of alkyl halides is 3. The number of carboxylic acid groups (broad SMARTS) is 1. The summed E-state index contributed by atoms with van der Waals surface area (Å²) in [5.74, 6) is -0.984. The van der Waals surface area contributed by atoms with Gasteiger partial charge in [0.15, 0.2) is 12.4 Å². The van der Waals surface area contributed by atoms with E-state index in [1.54, 1.807) is 115 Å². The van der Waals surface area contributed by atoms with Crippen molar-refractivity contribution in [1.29, 1.82) is 0 Å². The first-order chi connectivity index (χ1) is 50.8. The highest BCUT2D eigenvalue weighted by atomic mass is 79.9. The van der Waals surface area contributed by atoms with E-state index in [0.717, 1.165) is 35.0 Å². The van der Waals surface area contributed by atoms with Crippen LogP contribution in [0.4, 0.5) is 24.5 Å². The molecule has 0 aliphatic rings. The molecule has 0 aliphatic carbocycles. The number of fused-ring (bicyclic) bond motifs is 4. The number of carboxylic acids is 1. The van der Waals surface area contributed by atoms with Gasteiger partial charge in [0.05, 0.1) is 32.7 Å². The van der Waals surface area contributed by atoms with Crippen LogP contribution in [0.1, 0.15) is 37.7 Å². The summed E-state index contributed by atoms with van der Waals surface area (Å²) in [6, 6.07) is 51.8. The van der Waals surface area contributed by atoms with Crippen LogP contribution in [-0.2, 0) is 6.61 Å². The quantitative estimate of drug-likeness (QED) is 0.0288. The fourth-order valence-corrected chi connectivity index (χ4v) is 10.4. The lowest BCUT2D eigenvalue weighted by Crippen LogP contribution is -2.30. The Hall–Kier alpha value is -11.9. The number of halogens is 8. The number of nitrogens with two attached hydrogens (primary N) is 2. The summed E-state index contributed by atoms with van der Waals surface area (Å²) in [6.07, 6.45) is -1.69. The Balaban J connectivity index is 0.000000164. The summed E-state index contributed by atoms with van der Waals surface area (Å²) < 4.78 is 43.8. The van der Waals surface area contributed by atoms with Crippen LogP contribution in [0.3, 0.4) is 0 Å². The number of aromatic nitrogens is 14. The largest absolute Gasteiger partial charge is 0.573 e. The Bertz CT molecular complexity index is 5600. The summed E-state index contributed by atoms with van der Waals surface area (Å²) in [4.78, 5) is 82.9. The fraction of sp³-hybridized carbons (Fsp3) is 0.0588. The molecule has 107 heavy (non-hydrogen) atoms.